The van der Waals surface area contributed by atoms with Gasteiger partial charge in [-0.1, -0.05) is 60.7 Å². The third-order valence-corrected chi connectivity index (χ3v) is 6.81. The van der Waals surface area contributed by atoms with Crippen LogP contribution in [0, 0.1) is 0 Å². The van der Waals surface area contributed by atoms with Gasteiger partial charge in [-0.25, -0.2) is 9.97 Å². The number of benzene rings is 3. The molecule has 0 amide bonds. The maximum absolute atomic E-state index is 13.3. The highest BCUT2D eigenvalue weighted by atomic mass is 16.3. The van der Waals surface area contributed by atoms with Crippen molar-refractivity contribution in [1.82, 2.24) is 14.4 Å². The second kappa shape index (κ2) is 7.50. The number of carbonyl (C=O) groups is 1. The Balaban J connectivity index is 1.56. The average molecular weight is 449 g/mol. The van der Waals surface area contributed by atoms with Crippen LogP contribution >= 0.6 is 0 Å². The molecule has 0 bridgehead atoms. The van der Waals surface area contributed by atoms with E-state index in [1.807, 2.05) is 84.3 Å². The van der Waals surface area contributed by atoms with E-state index < -0.39 is 5.60 Å². The van der Waals surface area contributed by atoms with Gasteiger partial charge < -0.3 is 10.8 Å². The summed E-state index contributed by atoms with van der Waals surface area (Å²) in [5.74, 6) is 1.40. The Hall–Kier alpha value is -4.03. The van der Waals surface area contributed by atoms with Crippen LogP contribution in [0.15, 0.2) is 79.1 Å². The minimum absolute atomic E-state index is 0.0170. The molecule has 0 atom stereocenters. The van der Waals surface area contributed by atoms with Gasteiger partial charge in [-0.2, -0.15) is 0 Å². The first kappa shape index (κ1) is 20.6. The summed E-state index contributed by atoms with van der Waals surface area (Å²) in [7, 11) is 0. The lowest BCUT2D eigenvalue weighted by Crippen LogP contribution is -2.40. The number of hydrogen-bond acceptors (Lipinski definition) is 5. The van der Waals surface area contributed by atoms with Crippen LogP contribution in [0.4, 0.5) is 5.82 Å². The fraction of sp³-hybridized carbons (Fsp3) is 0.179. The maximum Gasteiger partial charge on any atom is 0.193 e. The van der Waals surface area contributed by atoms with Crippen molar-refractivity contribution in [2.75, 3.05) is 5.73 Å². The third kappa shape index (κ3) is 3.18. The van der Waals surface area contributed by atoms with Crippen molar-refractivity contribution in [2.45, 2.75) is 31.3 Å². The minimum Gasteiger partial charge on any atom is -0.390 e. The van der Waals surface area contributed by atoms with Gasteiger partial charge in [0.05, 0.1) is 5.60 Å². The number of hydrogen-bond donors (Lipinski definition) is 2. The summed E-state index contributed by atoms with van der Waals surface area (Å²) in [4.78, 5) is 22.7. The second-order valence-electron chi connectivity index (χ2n) is 9.35. The maximum atomic E-state index is 13.3. The molecule has 0 unspecified atom stereocenters. The van der Waals surface area contributed by atoms with E-state index in [0.717, 1.165) is 33.4 Å². The lowest BCUT2D eigenvalue weighted by Gasteiger charge is -2.40. The Labute approximate surface area is 196 Å². The molecule has 0 radical (unpaired) electrons. The van der Waals surface area contributed by atoms with Crippen molar-refractivity contribution in [2.24, 2.45) is 0 Å². The molecular weight excluding hydrogens is 424 g/mol. The molecule has 6 heteroatoms. The SMILES string of the molecule is CC1(O)CC(c2nc(-c3ccc(C(=O)c4ccccc4)c4ccccc34)c3c(N)nccn23)C1. The average Bonchev–Trinajstić information content (AvgIpc) is 3.22. The summed E-state index contributed by atoms with van der Waals surface area (Å²) in [5, 5.41) is 12.1. The number of aromatic nitrogens is 3. The quantitative estimate of drug-likeness (QED) is 0.378. The molecule has 0 saturated heterocycles. The highest BCUT2D eigenvalue weighted by molar-refractivity contribution is 6.18. The molecule has 1 aliphatic carbocycles. The van der Waals surface area contributed by atoms with Gasteiger partial charge in [-0.15, -0.1) is 0 Å². The summed E-state index contributed by atoms with van der Waals surface area (Å²) < 4.78 is 2.00. The fourth-order valence-electron chi connectivity index (χ4n) is 5.20. The lowest BCUT2D eigenvalue weighted by molar-refractivity contribution is -0.0335. The van der Waals surface area contributed by atoms with E-state index in [1.54, 1.807) is 6.20 Å². The molecule has 0 aliphatic heterocycles. The molecule has 3 aromatic carbocycles. The van der Waals surface area contributed by atoms with E-state index in [1.165, 1.54) is 0 Å². The van der Waals surface area contributed by atoms with E-state index in [2.05, 4.69) is 4.98 Å². The predicted molar refractivity (Wildman–Crippen MR) is 133 cm³/mol. The van der Waals surface area contributed by atoms with Gasteiger partial charge in [0, 0.05) is 35.0 Å². The number of ketones is 1. The number of carbonyl (C=O) groups excluding carboxylic acids is 1. The first-order valence-electron chi connectivity index (χ1n) is 11.4. The zero-order valence-electron chi connectivity index (χ0n) is 18.8. The molecule has 34 heavy (non-hydrogen) atoms. The minimum atomic E-state index is -0.665. The number of nitrogens with zero attached hydrogens (tertiary/aromatic N) is 3. The van der Waals surface area contributed by atoms with E-state index >= 15 is 0 Å². The van der Waals surface area contributed by atoms with Gasteiger partial charge in [0.15, 0.2) is 5.78 Å². The largest absolute Gasteiger partial charge is 0.390 e. The van der Waals surface area contributed by atoms with Crippen LogP contribution in [-0.2, 0) is 0 Å². The van der Waals surface area contributed by atoms with Crippen molar-refractivity contribution >= 4 is 27.9 Å². The van der Waals surface area contributed by atoms with E-state index in [-0.39, 0.29) is 11.7 Å². The zero-order chi connectivity index (χ0) is 23.4. The van der Waals surface area contributed by atoms with Crippen LogP contribution < -0.4 is 5.73 Å². The van der Waals surface area contributed by atoms with Crippen LogP contribution in [0.2, 0.25) is 0 Å². The molecule has 168 valence electrons. The molecule has 2 heterocycles. The number of aliphatic hydroxyl groups is 1. The van der Waals surface area contributed by atoms with Crippen LogP contribution in [0.25, 0.3) is 27.5 Å². The number of nitrogen functional groups attached to an aromatic ring is 1. The van der Waals surface area contributed by atoms with Crippen molar-refractivity contribution in [3.05, 3.63) is 96.1 Å². The smallest absolute Gasteiger partial charge is 0.193 e. The Morgan fingerprint density at radius 2 is 1.74 bits per heavy atom. The summed E-state index contributed by atoms with van der Waals surface area (Å²) in [6.45, 7) is 1.85. The topological polar surface area (TPSA) is 93.5 Å². The molecule has 6 nitrogen and oxygen atoms in total. The van der Waals surface area contributed by atoms with Gasteiger partial charge >= 0.3 is 0 Å². The van der Waals surface area contributed by atoms with E-state index in [4.69, 9.17) is 10.7 Å². The first-order chi connectivity index (χ1) is 16.4. The molecule has 1 fully saturated rings. The molecule has 1 saturated carbocycles. The monoisotopic (exact) mass is 448 g/mol. The Morgan fingerprint density at radius 3 is 2.47 bits per heavy atom. The Kier molecular flexibility index (Phi) is 4.54. The second-order valence-corrected chi connectivity index (χ2v) is 9.35. The number of nitrogens with two attached hydrogens (primary N) is 1. The molecule has 3 N–H and O–H groups in total. The zero-order valence-corrected chi connectivity index (χ0v) is 18.8. The number of imidazole rings is 1. The van der Waals surface area contributed by atoms with Crippen molar-refractivity contribution in [3.8, 4) is 11.3 Å². The normalized spacial score (nSPS) is 19.9. The molecular formula is C28H24N4O2. The number of fused-ring (bicyclic) bond motifs is 2. The van der Waals surface area contributed by atoms with Crippen LogP contribution in [0.3, 0.4) is 0 Å². The van der Waals surface area contributed by atoms with Crippen LogP contribution in [0.1, 0.15) is 47.4 Å². The van der Waals surface area contributed by atoms with E-state index in [9.17, 15) is 9.90 Å². The Bertz CT molecular complexity index is 1560. The van der Waals surface area contributed by atoms with Gasteiger partial charge in [-0.3, -0.25) is 9.20 Å². The summed E-state index contributed by atoms with van der Waals surface area (Å²) >= 11 is 0. The van der Waals surface area contributed by atoms with Crippen LogP contribution in [0.5, 0.6) is 0 Å². The molecule has 6 rings (SSSR count). The summed E-state index contributed by atoms with van der Waals surface area (Å²) in [6, 6.07) is 21.0. The standard InChI is InChI=1S/C28H24N4O2/c1-28(34)15-18(16-28)27-31-23(24-26(29)30-13-14-32(24)27)21-11-12-22(20-10-6-5-9-19(20)21)25(33)17-7-3-2-4-8-17/h2-14,18,34H,15-16H2,1H3,(H2,29,30). The molecule has 2 aromatic heterocycles. The van der Waals surface area contributed by atoms with Gasteiger partial charge in [0.25, 0.3) is 0 Å². The summed E-state index contributed by atoms with van der Waals surface area (Å²) in [6.07, 6.45) is 4.85. The van der Waals surface area contributed by atoms with Crippen LogP contribution in [-0.4, -0.2) is 30.9 Å². The van der Waals surface area contributed by atoms with Crippen molar-refractivity contribution in [1.29, 1.82) is 0 Å². The first-order valence-corrected chi connectivity index (χ1v) is 11.4. The summed E-state index contributed by atoms with van der Waals surface area (Å²) in [5.41, 5.74) is 9.36. The number of anilines is 1. The van der Waals surface area contributed by atoms with Gasteiger partial charge in [0.1, 0.15) is 22.9 Å². The van der Waals surface area contributed by atoms with Crippen molar-refractivity contribution in [3.63, 3.8) is 0 Å². The van der Waals surface area contributed by atoms with Crippen molar-refractivity contribution < 1.29 is 9.90 Å². The highest BCUT2D eigenvalue weighted by Gasteiger charge is 2.41. The Morgan fingerprint density at radius 1 is 1.03 bits per heavy atom. The van der Waals surface area contributed by atoms with Gasteiger partial charge in [0.2, 0.25) is 0 Å². The molecule has 0 spiro atoms. The van der Waals surface area contributed by atoms with E-state index in [0.29, 0.717) is 29.8 Å². The third-order valence-electron chi connectivity index (χ3n) is 6.81. The lowest BCUT2D eigenvalue weighted by atomic mass is 9.72. The van der Waals surface area contributed by atoms with Gasteiger partial charge in [-0.05, 0) is 36.6 Å². The highest BCUT2D eigenvalue weighted by Crippen LogP contribution is 2.46. The predicted octanol–water partition coefficient (Wildman–Crippen LogP) is 4.99. The molecule has 5 aromatic rings. The number of rotatable bonds is 4. The molecule has 1 aliphatic rings. The fourth-order valence-corrected chi connectivity index (χ4v) is 5.20.